The van der Waals surface area contributed by atoms with E-state index < -0.39 is 0 Å². The van der Waals surface area contributed by atoms with Crippen molar-refractivity contribution < 1.29 is 13.9 Å². The van der Waals surface area contributed by atoms with Gasteiger partial charge in [-0.2, -0.15) is 5.10 Å². The summed E-state index contributed by atoms with van der Waals surface area (Å²) in [5, 5.41) is 4.68. The number of fused-ring (bicyclic) bond motifs is 1. The molecule has 30 heavy (non-hydrogen) atoms. The Labute approximate surface area is 177 Å². The van der Waals surface area contributed by atoms with Crippen molar-refractivity contribution in [1.29, 1.82) is 0 Å². The van der Waals surface area contributed by atoms with Gasteiger partial charge in [0.25, 0.3) is 0 Å². The molecular formula is C22H21FN4O2S. The number of methoxy groups -OCH3 is 1. The molecule has 2 heterocycles. The summed E-state index contributed by atoms with van der Waals surface area (Å²) in [7, 11) is 1.62. The van der Waals surface area contributed by atoms with Gasteiger partial charge in [0.15, 0.2) is 5.13 Å². The molecule has 4 rings (SSSR count). The van der Waals surface area contributed by atoms with Gasteiger partial charge in [0, 0.05) is 18.9 Å². The minimum atomic E-state index is -0.389. The zero-order valence-electron chi connectivity index (χ0n) is 16.7. The number of ether oxygens (including phenoxy) is 1. The first-order chi connectivity index (χ1) is 14.5. The summed E-state index contributed by atoms with van der Waals surface area (Å²) >= 11 is 1.31. The van der Waals surface area contributed by atoms with E-state index in [0.29, 0.717) is 22.9 Å². The van der Waals surface area contributed by atoms with Crippen LogP contribution in [0.1, 0.15) is 11.1 Å². The first-order valence-corrected chi connectivity index (χ1v) is 10.3. The summed E-state index contributed by atoms with van der Waals surface area (Å²) in [6.45, 7) is 2.84. The van der Waals surface area contributed by atoms with Crippen LogP contribution >= 0.6 is 11.3 Å². The molecule has 2 aromatic carbocycles. The summed E-state index contributed by atoms with van der Waals surface area (Å²) in [4.78, 5) is 19.3. The number of thiazole rings is 1. The van der Waals surface area contributed by atoms with Crippen molar-refractivity contribution in [1.82, 2.24) is 14.8 Å². The molecule has 0 aliphatic heterocycles. The number of aryl methyl sites for hydroxylation is 1. The van der Waals surface area contributed by atoms with Crippen molar-refractivity contribution in [3.63, 3.8) is 0 Å². The molecule has 0 bridgehead atoms. The highest BCUT2D eigenvalue weighted by Crippen LogP contribution is 2.31. The Balaban J connectivity index is 1.62. The van der Waals surface area contributed by atoms with E-state index in [-0.39, 0.29) is 23.7 Å². The number of carbonyl (C=O) groups is 1. The van der Waals surface area contributed by atoms with Crippen LogP contribution in [0.3, 0.4) is 0 Å². The zero-order valence-corrected chi connectivity index (χ0v) is 17.5. The van der Waals surface area contributed by atoms with E-state index in [9.17, 15) is 9.18 Å². The standard InChI is InChI=1S/C22H21FN4O2S/c1-15-13-16(7-8-18(15)29-2)14-20(28)27(12-11-26-10-4-9-24-26)22-25-21-17(23)5-3-6-19(21)30-22/h3-10,13H,11-12,14H2,1-2H3. The first-order valence-electron chi connectivity index (χ1n) is 9.51. The average Bonchev–Trinajstić information content (AvgIpc) is 3.39. The fourth-order valence-corrected chi connectivity index (χ4v) is 4.32. The third-order valence-corrected chi connectivity index (χ3v) is 5.86. The van der Waals surface area contributed by atoms with Crippen LogP contribution in [-0.4, -0.2) is 34.3 Å². The predicted octanol–water partition coefficient (Wildman–Crippen LogP) is 4.22. The van der Waals surface area contributed by atoms with Gasteiger partial charge in [-0.15, -0.1) is 0 Å². The van der Waals surface area contributed by atoms with Crippen molar-refractivity contribution in [2.75, 3.05) is 18.6 Å². The highest BCUT2D eigenvalue weighted by atomic mass is 32.1. The van der Waals surface area contributed by atoms with Crippen LogP contribution in [0.2, 0.25) is 0 Å². The maximum absolute atomic E-state index is 14.2. The zero-order chi connectivity index (χ0) is 21.1. The van der Waals surface area contributed by atoms with Crippen molar-refractivity contribution in [2.45, 2.75) is 19.9 Å². The fourth-order valence-electron chi connectivity index (χ4n) is 3.30. The predicted molar refractivity (Wildman–Crippen MR) is 116 cm³/mol. The van der Waals surface area contributed by atoms with Gasteiger partial charge in [-0.25, -0.2) is 9.37 Å². The summed E-state index contributed by atoms with van der Waals surface area (Å²) in [6.07, 6.45) is 3.75. The van der Waals surface area contributed by atoms with Gasteiger partial charge in [-0.05, 0) is 42.3 Å². The highest BCUT2D eigenvalue weighted by Gasteiger charge is 2.21. The molecule has 0 saturated heterocycles. The van der Waals surface area contributed by atoms with Crippen molar-refractivity contribution in [3.8, 4) is 5.75 Å². The Morgan fingerprint density at radius 1 is 1.27 bits per heavy atom. The van der Waals surface area contributed by atoms with Gasteiger partial charge in [0.05, 0.1) is 24.8 Å². The number of hydrogen-bond acceptors (Lipinski definition) is 5. The Morgan fingerprint density at radius 2 is 2.13 bits per heavy atom. The van der Waals surface area contributed by atoms with E-state index in [2.05, 4.69) is 10.1 Å². The molecule has 0 N–H and O–H groups in total. The number of anilines is 1. The fraction of sp³-hybridized carbons (Fsp3) is 0.227. The Morgan fingerprint density at radius 3 is 2.83 bits per heavy atom. The Kier molecular flexibility index (Phi) is 5.76. The number of aromatic nitrogens is 3. The van der Waals surface area contributed by atoms with Crippen LogP contribution in [0.5, 0.6) is 5.75 Å². The van der Waals surface area contributed by atoms with Gasteiger partial charge in [-0.3, -0.25) is 14.4 Å². The van der Waals surface area contributed by atoms with Crippen molar-refractivity contribution in [3.05, 3.63) is 71.8 Å². The molecule has 1 amide bonds. The Bertz CT molecular complexity index is 1170. The number of benzene rings is 2. The van der Waals surface area contributed by atoms with Crippen LogP contribution < -0.4 is 9.64 Å². The van der Waals surface area contributed by atoms with Gasteiger partial charge in [0.2, 0.25) is 5.91 Å². The highest BCUT2D eigenvalue weighted by molar-refractivity contribution is 7.22. The van der Waals surface area contributed by atoms with Crippen molar-refractivity contribution >= 4 is 32.6 Å². The largest absolute Gasteiger partial charge is 0.496 e. The molecule has 0 atom stereocenters. The lowest BCUT2D eigenvalue weighted by atomic mass is 10.1. The summed E-state index contributed by atoms with van der Waals surface area (Å²) in [5.41, 5.74) is 2.14. The summed E-state index contributed by atoms with van der Waals surface area (Å²) in [5.74, 6) is 0.287. The second-order valence-electron chi connectivity index (χ2n) is 6.88. The third-order valence-electron chi connectivity index (χ3n) is 4.82. The third kappa shape index (κ3) is 4.18. The number of para-hydroxylation sites is 1. The normalized spacial score (nSPS) is 11.0. The molecule has 0 spiro atoms. The molecule has 0 saturated carbocycles. The SMILES string of the molecule is COc1ccc(CC(=O)N(CCn2cccn2)c2nc3c(F)cccc3s2)cc1C. The second-order valence-corrected chi connectivity index (χ2v) is 7.89. The molecule has 2 aromatic heterocycles. The van der Waals surface area contributed by atoms with Gasteiger partial charge >= 0.3 is 0 Å². The molecule has 8 heteroatoms. The maximum atomic E-state index is 14.2. The quantitative estimate of drug-likeness (QED) is 0.446. The summed E-state index contributed by atoms with van der Waals surface area (Å²) in [6, 6.07) is 12.4. The lowest BCUT2D eigenvalue weighted by Gasteiger charge is -2.20. The molecule has 154 valence electrons. The first kappa shape index (κ1) is 20.0. The number of halogens is 1. The van der Waals surface area contributed by atoms with Crippen LogP contribution in [0.4, 0.5) is 9.52 Å². The average molecular weight is 425 g/mol. The minimum absolute atomic E-state index is 0.105. The van der Waals surface area contributed by atoms with Crippen LogP contribution in [0.25, 0.3) is 10.2 Å². The number of hydrogen-bond donors (Lipinski definition) is 0. The van der Waals surface area contributed by atoms with Crippen LogP contribution in [0.15, 0.2) is 54.9 Å². The van der Waals surface area contributed by atoms with Gasteiger partial charge in [-0.1, -0.05) is 29.5 Å². The number of nitrogens with zero attached hydrogens (tertiary/aromatic N) is 4. The van der Waals surface area contributed by atoms with E-state index >= 15 is 0 Å². The molecule has 0 radical (unpaired) electrons. The van der Waals surface area contributed by atoms with Crippen LogP contribution in [-0.2, 0) is 17.8 Å². The topological polar surface area (TPSA) is 60.2 Å². The minimum Gasteiger partial charge on any atom is -0.496 e. The van der Waals surface area contributed by atoms with E-state index in [4.69, 9.17) is 4.74 Å². The van der Waals surface area contributed by atoms with Crippen LogP contribution in [0, 0.1) is 12.7 Å². The molecule has 4 aromatic rings. The van der Waals surface area contributed by atoms with E-state index in [1.807, 2.05) is 43.5 Å². The number of carbonyl (C=O) groups excluding carboxylic acids is 1. The molecule has 0 unspecified atom stereocenters. The maximum Gasteiger partial charge on any atom is 0.233 e. The lowest BCUT2D eigenvalue weighted by Crippen LogP contribution is -2.35. The second kappa shape index (κ2) is 8.62. The summed E-state index contributed by atoms with van der Waals surface area (Å²) < 4.78 is 21.9. The Hall–Kier alpha value is -3.26. The van der Waals surface area contributed by atoms with E-state index in [1.165, 1.54) is 17.4 Å². The van der Waals surface area contributed by atoms with E-state index in [0.717, 1.165) is 16.9 Å². The number of rotatable bonds is 7. The molecule has 6 nitrogen and oxygen atoms in total. The van der Waals surface area contributed by atoms with Gasteiger partial charge in [0.1, 0.15) is 17.1 Å². The monoisotopic (exact) mass is 424 g/mol. The van der Waals surface area contributed by atoms with Gasteiger partial charge < -0.3 is 4.74 Å². The number of amides is 1. The van der Waals surface area contributed by atoms with E-state index in [1.54, 1.807) is 29.0 Å². The lowest BCUT2D eigenvalue weighted by molar-refractivity contribution is -0.118. The molecule has 0 aliphatic rings. The smallest absolute Gasteiger partial charge is 0.233 e. The molecule has 0 aliphatic carbocycles. The molecular weight excluding hydrogens is 403 g/mol. The van der Waals surface area contributed by atoms with Crippen molar-refractivity contribution in [2.24, 2.45) is 0 Å². The molecule has 0 fully saturated rings.